The van der Waals surface area contributed by atoms with Crippen LogP contribution in [0.1, 0.15) is 0 Å². The highest BCUT2D eigenvalue weighted by atomic mass is 31.1. The molecule has 0 spiro atoms. The lowest BCUT2D eigenvalue weighted by atomic mass is 9.92. The number of hydrogen-bond acceptors (Lipinski definition) is 3. The second-order valence-electron chi connectivity index (χ2n) is 14.3. The lowest BCUT2D eigenvalue weighted by molar-refractivity contribution is 0.646. The van der Waals surface area contributed by atoms with E-state index in [2.05, 4.69) is 211 Å². The molecule has 1 aromatic heterocycles. The van der Waals surface area contributed by atoms with E-state index in [1.54, 1.807) is 0 Å². The molecule has 0 unspecified atom stereocenters. The fraction of sp³-hybridized carbons (Fsp3) is 0. The summed E-state index contributed by atoms with van der Waals surface area (Å²) in [4.78, 5) is 0. The maximum absolute atomic E-state index is 7.04. The summed E-state index contributed by atoms with van der Waals surface area (Å²) in [5, 5.41) is 19.2. The van der Waals surface area contributed by atoms with E-state index in [0.717, 1.165) is 54.7 Å². The van der Waals surface area contributed by atoms with Crippen molar-refractivity contribution in [2.75, 3.05) is 5.09 Å². The Kier molecular flexibility index (Phi) is 8.36. The van der Waals surface area contributed by atoms with Gasteiger partial charge in [0.1, 0.15) is 11.2 Å². The molecule has 57 heavy (non-hydrogen) atoms. The summed E-state index contributed by atoms with van der Waals surface area (Å²) in [6.07, 6.45) is 0. The zero-order valence-electron chi connectivity index (χ0n) is 30.8. The molecule has 0 atom stereocenters. The van der Waals surface area contributed by atoms with Crippen LogP contribution >= 0.6 is 16.1 Å². The summed E-state index contributed by atoms with van der Waals surface area (Å²) in [6.45, 7) is 0. The SMILES string of the molecule is c1ccc(P(c2ccccc2)c2ccc3ccccc3c2-c2c(Np3oc4ccc5ccccc5c4c4c(ccc5ccccc54)o3)ccc3ccccc23)cc1. The Balaban J connectivity index is 1.22. The molecule has 0 fully saturated rings. The van der Waals surface area contributed by atoms with Crippen molar-refractivity contribution < 1.29 is 8.39 Å². The zero-order chi connectivity index (χ0) is 37.7. The molecule has 11 aromatic rings. The molecule has 1 heterocycles. The molecule has 5 heteroatoms. The van der Waals surface area contributed by atoms with E-state index in [-0.39, 0.29) is 0 Å². The van der Waals surface area contributed by atoms with Crippen LogP contribution in [0.15, 0.2) is 215 Å². The molecule has 3 nitrogen and oxygen atoms in total. The lowest BCUT2D eigenvalue weighted by Gasteiger charge is -2.25. The van der Waals surface area contributed by atoms with Gasteiger partial charge in [0.15, 0.2) is 0 Å². The van der Waals surface area contributed by atoms with E-state index in [4.69, 9.17) is 8.39 Å². The van der Waals surface area contributed by atoms with Crippen LogP contribution < -0.4 is 21.0 Å². The number of fused-ring (bicyclic) bond motifs is 9. The molecule has 1 N–H and O–H groups in total. The second kappa shape index (κ2) is 14.1. The minimum atomic E-state index is -1.72. The van der Waals surface area contributed by atoms with Gasteiger partial charge < -0.3 is 8.39 Å². The van der Waals surface area contributed by atoms with E-state index in [9.17, 15) is 0 Å². The van der Waals surface area contributed by atoms with Gasteiger partial charge >= 0.3 is 8.16 Å². The summed E-state index contributed by atoms with van der Waals surface area (Å²) in [6, 6.07) is 74.1. The van der Waals surface area contributed by atoms with E-state index in [1.165, 1.54) is 43.0 Å². The Morgan fingerprint density at radius 3 is 1.28 bits per heavy atom. The van der Waals surface area contributed by atoms with E-state index in [1.807, 2.05) is 0 Å². The Labute approximate surface area is 332 Å². The predicted octanol–water partition coefficient (Wildman–Crippen LogP) is 14.2. The van der Waals surface area contributed by atoms with Crippen molar-refractivity contribution in [3.8, 4) is 11.1 Å². The molecule has 0 radical (unpaired) electrons. The first-order valence-electron chi connectivity index (χ1n) is 19.2. The van der Waals surface area contributed by atoms with Gasteiger partial charge in [0.05, 0.1) is 5.69 Å². The number of rotatable bonds is 6. The first-order valence-corrected chi connectivity index (χ1v) is 21.7. The van der Waals surface area contributed by atoms with Gasteiger partial charge in [0.2, 0.25) is 0 Å². The minimum Gasteiger partial charge on any atom is -0.404 e. The minimum absolute atomic E-state index is 0.798. The number of nitrogens with one attached hydrogen (secondary N) is 1. The van der Waals surface area contributed by atoms with E-state index in [0.29, 0.717) is 0 Å². The predicted molar refractivity (Wildman–Crippen MR) is 246 cm³/mol. The number of benzene rings is 10. The van der Waals surface area contributed by atoms with Crippen LogP contribution in [0, 0.1) is 0 Å². The van der Waals surface area contributed by atoms with E-state index < -0.39 is 16.1 Å². The van der Waals surface area contributed by atoms with Gasteiger partial charge in [-0.1, -0.05) is 188 Å². The summed E-state index contributed by atoms with van der Waals surface area (Å²) < 4.78 is 14.1. The Bertz CT molecular complexity index is 3210. The van der Waals surface area contributed by atoms with Gasteiger partial charge in [-0.25, -0.2) is 0 Å². The summed E-state index contributed by atoms with van der Waals surface area (Å²) in [5.41, 5.74) is 4.91. The molecular weight excluding hydrogens is 733 g/mol. The van der Waals surface area contributed by atoms with Gasteiger partial charge in [-0.3, -0.25) is 5.09 Å². The van der Waals surface area contributed by atoms with Crippen LogP contribution in [0.5, 0.6) is 0 Å². The maximum atomic E-state index is 7.04. The molecular formula is C52H35NO2P2. The van der Waals surface area contributed by atoms with Crippen LogP contribution in [0.25, 0.3) is 76.2 Å². The third-order valence-electron chi connectivity index (χ3n) is 11.0. The maximum Gasteiger partial charge on any atom is 0.338 e. The molecule has 10 aromatic carbocycles. The van der Waals surface area contributed by atoms with Gasteiger partial charge in [-0.2, -0.15) is 0 Å². The third kappa shape index (κ3) is 5.87. The van der Waals surface area contributed by atoms with Gasteiger partial charge in [-0.05, 0) is 85.1 Å². The van der Waals surface area contributed by atoms with Crippen molar-refractivity contribution in [3.63, 3.8) is 0 Å². The van der Waals surface area contributed by atoms with Crippen molar-refractivity contribution in [2.45, 2.75) is 0 Å². The Morgan fingerprint density at radius 2 is 0.754 bits per heavy atom. The summed E-state index contributed by atoms with van der Waals surface area (Å²) in [7, 11) is -2.66. The fourth-order valence-electron chi connectivity index (χ4n) is 8.44. The van der Waals surface area contributed by atoms with Crippen LogP contribution in [-0.4, -0.2) is 0 Å². The highest BCUT2D eigenvalue weighted by molar-refractivity contribution is 7.80. The van der Waals surface area contributed by atoms with Crippen LogP contribution in [0.4, 0.5) is 5.69 Å². The standard InChI is InChI=1S/C52H35NO2P2/c1-3-19-39(20-4-1)56(40-21-5-2-6-22-40)48-34-30-38-18-10-14-26-44(38)52(48)49-41-23-11-7-15-35(41)27-31-45(49)53-57-54-46-32-28-36-16-8-12-24-42(36)50(46)51-43-25-13-9-17-37(43)29-33-47(51)55-57/h1-34,53H. The Morgan fingerprint density at radius 1 is 0.351 bits per heavy atom. The zero-order valence-corrected chi connectivity index (χ0v) is 32.6. The Hall–Kier alpha value is -6.63. The van der Waals surface area contributed by atoms with Gasteiger partial charge in [0.25, 0.3) is 0 Å². The normalized spacial score (nSPS) is 11.7. The first-order chi connectivity index (χ1) is 28.3. The fourth-order valence-corrected chi connectivity index (χ4v) is 12.1. The van der Waals surface area contributed by atoms with Crippen molar-refractivity contribution in [1.82, 2.24) is 0 Å². The smallest absolute Gasteiger partial charge is 0.338 e. The number of anilines is 1. The highest BCUT2D eigenvalue weighted by Crippen LogP contribution is 2.48. The first kappa shape index (κ1) is 33.7. The lowest BCUT2D eigenvalue weighted by Crippen LogP contribution is -2.22. The highest BCUT2D eigenvalue weighted by Gasteiger charge is 2.25. The molecule has 0 bridgehead atoms. The molecule has 0 aliphatic heterocycles. The molecule has 0 aliphatic carbocycles. The molecule has 0 saturated heterocycles. The molecule has 11 rings (SSSR count). The van der Waals surface area contributed by atoms with Crippen molar-refractivity contribution in [1.29, 1.82) is 0 Å². The molecule has 0 amide bonds. The topological polar surface area (TPSA) is 38.3 Å². The molecule has 0 saturated carbocycles. The summed E-state index contributed by atoms with van der Waals surface area (Å²) in [5.74, 6) is 0. The largest absolute Gasteiger partial charge is 0.404 e. The molecule has 0 aliphatic rings. The van der Waals surface area contributed by atoms with Crippen molar-refractivity contribution in [2.24, 2.45) is 0 Å². The number of hydrogen-bond donors (Lipinski definition) is 1. The molecule has 270 valence electrons. The van der Waals surface area contributed by atoms with Crippen LogP contribution in [0.2, 0.25) is 0 Å². The third-order valence-corrected chi connectivity index (χ3v) is 14.6. The average Bonchev–Trinajstić information content (AvgIpc) is 3.44. The summed E-state index contributed by atoms with van der Waals surface area (Å²) >= 11 is 0. The van der Waals surface area contributed by atoms with Crippen molar-refractivity contribution >= 4 is 103 Å². The van der Waals surface area contributed by atoms with Crippen LogP contribution in [0.3, 0.4) is 0 Å². The van der Waals surface area contributed by atoms with Crippen molar-refractivity contribution in [3.05, 3.63) is 206 Å². The quantitative estimate of drug-likeness (QED) is 0.171. The van der Waals surface area contributed by atoms with Crippen LogP contribution in [-0.2, 0) is 0 Å². The van der Waals surface area contributed by atoms with Gasteiger partial charge in [0, 0.05) is 21.9 Å². The second-order valence-corrected chi connectivity index (χ2v) is 17.6. The average molecular weight is 768 g/mol. The van der Waals surface area contributed by atoms with Gasteiger partial charge in [-0.15, -0.1) is 0 Å². The van der Waals surface area contributed by atoms with E-state index >= 15 is 0 Å². The monoisotopic (exact) mass is 767 g/mol.